The van der Waals surface area contributed by atoms with Gasteiger partial charge in [0, 0.05) is 14.2 Å². The second-order valence-corrected chi connectivity index (χ2v) is 2.36. The first kappa shape index (κ1) is 15.9. The average Bonchev–Trinajstić information content (AvgIpc) is 2.68. The number of carbonyl (C=O) groups excluding carboxylic acids is 1. The maximum atomic E-state index is 9.03. The summed E-state index contributed by atoms with van der Waals surface area (Å²) in [7, 11) is 4.06. The predicted molar refractivity (Wildman–Crippen MR) is 51.8 cm³/mol. The molecule has 6 heteroatoms. The number of aliphatic hydroxyl groups is 1. The molecule has 0 atom stereocenters. The SMILES string of the molecule is CCn1cc[n+](C)c1.CO.COC(=O)[O-]. The van der Waals surface area contributed by atoms with Gasteiger partial charge in [0.25, 0.3) is 6.16 Å². The summed E-state index contributed by atoms with van der Waals surface area (Å²) in [4.78, 5) is 9.03. The van der Waals surface area contributed by atoms with Crippen molar-refractivity contribution in [2.75, 3.05) is 14.2 Å². The fourth-order valence-corrected chi connectivity index (χ4v) is 0.689. The number of hydrogen-bond acceptors (Lipinski definition) is 4. The molecule has 1 aromatic heterocycles. The van der Waals surface area contributed by atoms with E-state index >= 15 is 0 Å². The number of aromatic nitrogens is 2. The van der Waals surface area contributed by atoms with Crippen molar-refractivity contribution < 1.29 is 24.3 Å². The Labute approximate surface area is 89.3 Å². The van der Waals surface area contributed by atoms with E-state index in [1.165, 1.54) is 0 Å². The maximum absolute atomic E-state index is 9.03. The van der Waals surface area contributed by atoms with Gasteiger partial charge >= 0.3 is 0 Å². The highest BCUT2D eigenvalue weighted by molar-refractivity contribution is 5.53. The fraction of sp³-hybridized carbons (Fsp3) is 0.556. The molecular weight excluding hydrogens is 200 g/mol. The number of ether oxygens (including phenoxy) is 1. The number of nitrogens with zero attached hydrogens (tertiary/aromatic N) is 2. The third kappa shape index (κ3) is 10.4. The van der Waals surface area contributed by atoms with Crippen molar-refractivity contribution in [2.24, 2.45) is 7.05 Å². The molecule has 0 saturated carbocycles. The molecule has 0 fully saturated rings. The van der Waals surface area contributed by atoms with Crippen LogP contribution < -0.4 is 9.67 Å². The summed E-state index contributed by atoms with van der Waals surface area (Å²) < 4.78 is 7.71. The van der Waals surface area contributed by atoms with Crippen molar-refractivity contribution in [1.29, 1.82) is 0 Å². The molecule has 0 unspecified atom stereocenters. The molecule has 6 nitrogen and oxygen atoms in total. The van der Waals surface area contributed by atoms with Crippen molar-refractivity contribution in [3.05, 3.63) is 18.7 Å². The van der Waals surface area contributed by atoms with E-state index in [9.17, 15) is 0 Å². The molecule has 1 aromatic rings. The van der Waals surface area contributed by atoms with E-state index in [0.29, 0.717) is 0 Å². The van der Waals surface area contributed by atoms with Gasteiger partial charge in [0.15, 0.2) is 0 Å². The molecule has 88 valence electrons. The summed E-state index contributed by atoms with van der Waals surface area (Å²) in [5.74, 6) is 0. The number of aliphatic hydroxyl groups excluding tert-OH is 1. The smallest absolute Gasteiger partial charge is 0.251 e. The Balaban J connectivity index is 0. The predicted octanol–water partition coefficient (Wildman–Crippen LogP) is -1.08. The van der Waals surface area contributed by atoms with Gasteiger partial charge in [-0.25, -0.2) is 9.13 Å². The van der Waals surface area contributed by atoms with E-state index in [0.717, 1.165) is 20.8 Å². The number of hydrogen-bond donors (Lipinski definition) is 1. The number of carbonyl (C=O) groups is 1. The summed E-state index contributed by atoms with van der Waals surface area (Å²) in [6, 6.07) is 0. The molecule has 0 aromatic carbocycles. The zero-order valence-corrected chi connectivity index (χ0v) is 9.51. The van der Waals surface area contributed by atoms with E-state index < -0.39 is 6.16 Å². The fourth-order valence-electron chi connectivity index (χ4n) is 0.689. The van der Waals surface area contributed by atoms with E-state index in [1.54, 1.807) is 0 Å². The monoisotopic (exact) mass is 218 g/mol. The Morgan fingerprint density at radius 2 is 2.07 bits per heavy atom. The van der Waals surface area contributed by atoms with Crippen LogP contribution in [-0.4, -0.2) is 30.0 Å². The minimum atomic E-state index is -1.50. The van der Waals surface area contributed by atoms with E-state index in [2.05, 4.69) is 28.8 Å². The topological polar surface area (TPSA) is 78.4 Å². The van der Waals surface area contributed by atoms with E-state index in [4.69, 9.17) is 15.0 Å². The standard InChI is InChI=1S/C6H11N2.C2H4O3.CH4O/c1-3-8-5-4-7(2)6-8;1-5-2(3)4;1-2/h4-6H,3H2,1-2H3;1H3,(H,3,4);2H,1H3/q+1;;/p-1. The third-order valence-electron chi connectivity index (χ3n) is 1.36. The lowest BCUT2D eigenvalue weighted by molar-refractivity contribution is -0.671. The molecule has 0 aliphatic rings. The number of imidazole rings is 1. The largest absolute Gasteiger partial charge is 0.553 e. The zero-order chi connectivity index (χ0) is 12.3. The molecule has 0 bridgehead atoms. The van der Waals surface area contributed by atoms with Gasteiger partial charge in [-0.1, -0.05) is 0 Å². The lowest BCUT2D eigenvalue weighted by Gasteiger charge is -1.92. The molecule has 1 N–H and O–H groups in total. The van der Waals surface area contributed by atoms with Crippen LogP contribution in [0.15, 0.2) is 18.7 Å². The lowest BCUT2D eigenvalue weighted by Crippen LogP contribution is -2.23. The molecule has 0 saturated heterocycles. The van der Waals surface area contributed by atoms with E-state index in [-0.39, 0.29) is 0 Å². The van der Waals surface area contributed by atoms with Crippen LogP contribution >= 0.6 is 0 Å². The first-order valence-corrected chi connectivity index (χ1v) is 4.30. The van der Waals surface area contributed by atoms with Gasteiger partial charge < -0.3 is 19.7 Å². The van der Waals surface area contributed by atoms with Gasteiger partial charge in [0.1, 0.15) is 12.4 Å². The quantitative estimate of drug-likeness (QED) is 0.480. The Bertz CT molecular complexity index is 260. The van der Waals surface area contributed by atoms with Crippen LogP contribution in [0.25, 0.3) is 0 Å². The van der Waals surface area contributed by atoms with Crippen molar-refractivity contribution in [3.8, 4) is 0 Å². The van der Waals surface area contributed by atoms with E-state index in [1.807, 2.05) is 17.8 Å². The average molecular weight is 218 g/mol. The second kappa shape index (κ2) is 10.5. The van der Waals surface area contributed by atoms with Crippen molar-refractivity contribution in [3.63, 3.8) is 0 Å². The normalized spacial score (nSPS) is 7.80. The Morgan fingerprint density at radius 3 is 2.20 bits per heavy atom. The number of carboxylic acid groups (broad SMARTS) is 1. The highest BCUT2D eigenvalue weighted by Gasteiger charge is 1.92. The van der Waals surface area contributed by atoms with Crippen molar-refractivity contribution in [2.45, 2.75) is 13.5 Å². The molecule has 1 heterocycles. The highest BCUT2D eigenvalue weighted by Crippen LogP contribution is 1.79. The van der Waals surface area contributed by atoms with Crippen LogP contribution in [0.1, 0.15) is 6.92 Å². The van der Waals surface area contributed by atoms with Crippen molar-refractivity contribution >= 4 is 6.16 Å². The summed E-state index contributed by atoms with van der Waals surface area (Å²) in [5, 5.41) is 16.0. The van der Waals surface area contributed by atoms with Gasteiger partial charge in [0.05, 0.1) is 13.6 Å². The van der Waals surface area contributed by atoms with Crippen molar-refractivity contribution in [1.82, 2.24) is 4.57 Å². The van der Waals surface area contributed by atoms with Crippen LogP contribution in [0.3, 0.4) is 0 Å². The summed E-state index contributed by atoms with van der Waals surface area (Å²) >= 11 is 0. The van der Waals surface area contributed by atoms with Gasteiger partial charge in [-0.05, 0) is 6.92 Å². The zero-order valence-electron chi connectivity index (χ0n) is 9.51. The molecule has 0 aliphatic carbocycles. The summed E-state index contributed by atoms with van der Waals surface area (Å²) in [6.07, 6.45) is 4.65. The Hall–Kier alpha value is -1.56. The molecular formula is C9H18N2O4. The van der Waals surface area contributed by atoms with Gasteiger partial charge in [0.2, 0.25) is 6.33 Å². The van der Waals surface area contributed by atoms with Gasteiger partial charge in [-0.2, -0.15) is 0 Å². The number of methoxy groups -OCH3 is 1. The van der Waals surface area contributed by atoms with Crippen LogP contribution in [0, 0.1) is 0 Å². The Morgan fingerprint density at radius 1 is 1.60 bits per heavy atom. The summed E-state index contributed by atoms with van der Waals surface area (Å²) in [6.45, 7) is 3.18. The lowest BCUT2D eigenvalue weighted by atomic mass is 10.7. The molecule has 0 amide bonds. The Kier molecular flexibility index (Phi) is 11.1. The third-order valence-corrected chi connectivity index (χ3v) is 1.36. The van der Waals surface area contributed by atoms with Gasteiger partial charge in [-0.3, -0.25) is 0 Å². The molecule has 15 heavy (non-hydrogen) atoms. The van der Waals surface area contributed by atoms with Crippen LogP contribution in [-0.2, 0) is 18.3 Å². The molecule has 0 aliphatic heterocycles. The van der Waals surface area contributed by atoms with Crippen LogP contribution in [0.4, 0.5) is 4.79 Å². The minimum absolute atomic E-state index is 1.00. The number of rotatable bonds is 1. The minimum Gasteiger partial charge on any atom is -0.553 e. The van der Waals surface area contributed by atoms with Gasteiger partial charge in [-0.15, -0.1) is 0 Å². The first-order valence-electron chi connectivity index (χ1n) is 4.30. The molecule has 0 spiro atoms. The van der Waals surface area contributed by atoms with Crippen LogP contribution in [0.2, 0.25) is 0 Å². The summed E-state index contributed by atoms with van der Waals surface area (Å²) in [5.41, 5.74) is 0. The highest BCUT2D eigenvalue weighted by atomic mass is 16.6. The second-order valence-electron chi connectivity index (χ2n) is 2.36. The molecule has 0 radical (unpaired) electrons. The number of aryl methyl sites for hydroxylation is 2. The van der Waals surface area contributed by atoms with Crippen LogP contribution in [0.5, 0.6) is 0 Å². The molecule has 1 rings (SSSR count). The maximum Gasteiger partial charge on any atom is 0.251 e. The first-order chi connectivity index (χ1) is 7.10.